The molecule has 30 heavy (non-hydrogen) atoms. The first-order valence-corrected chi connectivity index (χ1v) is 10.2. The Balaban J connectivity index is 1.98. The van der Waals surface area contributed by atoms with Crippen LogP contribution in [0.25, 0.3) is 11.0 Å². The minimum Gasteiger partial charge on any atom is -0.506 e. The van der Waals surface area contributed by atoms with Gasteiger partial charge in [-0.2, -0.15) is 5.10 Å². The molecule has 1 aromatic carbocycles. The highest BCUT2D eigenvalue weighted by atomic mass is 79.9. The number of nitrogens with zero attached hydrogens (tertiary/aromatic N) is 2. The first-order chi connectivity index (χ1) is 14.3. The number of esters is 1. The molecule has 0 saturated carbocycles. The van der Waals surface area contributed by atoms with Crippen LogP contribution in [0, 0.1) is 6.92 Å². The fourth-order valence-corrected chi connectivity index (χ4v) is 4.01. The van der Waals surface area contributed by atoms with Crippen molar-refractivity contribution in [2.75, 3.05) is 13.7 Å². The number of amidine groups is 1. The van der Waals surface area contributed by atoms with Crippen LogP contribution in [0.2, 0.25) is 0 Å². The number of phenolic OH excluding ortho intramolecular Hbond substituents is 1. The second kappa shape index (κ2) is 8.88. The number of halogens is 1. The van der Waals surface area contributed by atoms with E-state index in [-0.39, 0.29) is 49.7 Å². The molecule has 1 atom stereocenters. The number of aromatic hydroxyl groups is 1. The molecule has 0 bridgehead atoms. The SMILES string of the molecule is CCOC(=O)C1S/C(=N\N=C\c2c(O)c(Br)c3oc(C)cc(=O)c3c2OC)NC1=O. The number of phenols is 1. The number of fused-ring (bicyclic) bond motifs is 1. The maximum atomic E-state index is 12.5. The lowest BCUT2D eigenvalue weighted by Crippen LogP contribution is -2.31. The van der Waals surface area contributed by atoms with Crippen molar-refractivity contribution in [3.63, 3.8) is 0 Å². The van der Waals surface area contributed by atoms with E-state index >= 15 is 0 Å². The van der Waals surface area contributed by atoms with Gasteiger partial charge in [-0.1, -0.05) is 11.8 Å². The minimum absolute atomic E-state index is 0.0518. The van der Waals surface area contributed by atoms with Gasteiger partial charge in [0.25, 0.3) is 5.91 Å². The molecule has 3 rings (SSSR count). The molecule has 1 aromatic heterocycles. The summed E-state index contributed by atoms with van der Waals surface area (Å²) in [5, 5.41) is 19.8. The smallest absolute Gasteiger partial charge is 0.329 e. The fourth-order valence-electron chi connectivity index (χ4n) is 2.71. The zero-order chi connectivity index (χ0) is 22.0. The van der Waals surface area contributed by atoms with E-state index in [9.17, 15) is 19.5 Å². The van der Waals surface area contributed by atoms with Crippen LogP contribution in [-0.2, 0) is 14.3 Å². The van der Waals surface area contributed by atoms with Crippen LogP contribution >= 0.6 is 27.7 Å². The summed E-state index contributed by atoms with van der Waals surface area (Å²) in [4.78, 5) is 36.1. The van der Waals surface area contributed by atoms with Crippen molar-refractivity contribution in [3.05, 3.63) is 32.1 Å². The topological polar surface area (TPSA) is 140 Å². The lowest BCUT2D eigenvalue weighted by molar-refractivity contribution is -0.144. The molecule has 158 valence electrons. The summed E-state index contributed by atoms with van der Waals surface area (Å²) in [6.45, 7) is 3.40. The third kappa shape index (κ3) is 4.05. The van der Waals surface area contributed by atoms with Crippen LogP contribution in [0.5, 0.6) is 11.5 Å². The van der Waals surface area contributed by atoms with Gasteiger partial charge in [0.2, 0.25) is 0 Å². The highest BCUT2D eigenvalue weighted by molar-refractivity contribution is 9.10. The standard InChI is InChI=1S/C18H16BrN3O7S/c1-4-28-17(26)15-16(25)21-18(30-15)22-20-6-8-12(24)11(19)14-10(13(8)27-3)9(23)5-7(2)29-14/h5-6,15,24H,4H2,1-3H3,(H,21,22,25)/b20-6+. The van der Waals surface area contributed by atoms with Crippen molar-refractivity contribution in [3.8, 4) is 11.5 Å². The first-order valence-electron chi connectivity index (χ1n) is 8.56. The number of thioether (sulfide) groups is 1. The van der Waals surface area contributed by atoms with Gasteiger partial charge in [-0.3, -0.25) is 14.4 Å². The highest BCUT2D eigenvalue weighted by Gasteiger charge is 2.37. The van der Waals surface area contributed by atoms with Gasteiger partial charge in [-0.05, 0) is 29.8 Å². The van der Waals surface area contributed by atoms with Crippen LogP contribution in [0.15, 0.2) is 30.0 Å². The average molecular weight is 498 g/mol. The summed E-state index contributed by atoms with van der Waals surface area (Å²) in [6.07, 6.45) is 1.16. The van der Waals surface area contributed by atoms with Gasteiger partial charge in [0.15, 0.2) is 21.4 Å². The van der Waals surface area contributed by atoms with Crippen molar-refractivity contribution in [1.82, 2.24) is 5.32 Å². The van der Waals surface area contributed by atoms with Gasteiger partial charge in [-0.25, -0.2) is 0 Å². The Kier molecular flexibility index (Phi) is 6.46. The molecular formula is C18H16BrN3O7S. The number of carbonyl (C=O) groups is 2. The quantitative estimate of drug-likeness (QED) is 0.276. The van der Waals surface area contributed by atoms with Crippen LogP contribution in [0.1, 0.15) is 18.2 Å². The van der Waals surface area contributed by atoms with E-state index in [1.54, 1.807) is 13.8 Å². The Morgan fingerprint density at radius 2 is 2.20 bits per heavy atom. The van der Waals surface area contributed by atoms with Gasteiger partial charge in [0.05, 0.1) is 25.5 Å². The molecule has 2 N–H and O–H groups in total. The number of hydrogen-bond acceptors (Lipinski definition) is 10. The second-order valence-electron chi connectivity index (χ2n) is 5.92. The molecule has 12 heteroatoms. The summed E-state index contributed by atoms with van der Waals surface area (Å²) >= 11 is 4.08. The molecule has 1 unspecified atom stereocenters. The molecule has 1 aliphatic rings. The predicted octanol–water partition coefficient (Wildman–Crippen LogP) is 2.06. The molecular weight excluding hydrogens is 482 g/mol. The van der Waals surface area contributed by atoms with E-state index < -0.39 is 17.1 Å². The Hall–Kier alpha value is -2.86. The number of aryl methyl sites for hydroxylation is 1. The lowest BCUT2D eigenvalue weighted by atomic mass is 10.1. The summed E-state index contributed by atoms with van der Waals surface area (Å²) in [5.74, 6) is -1.09. The predicted molar refractivity (Wildman–Crippen MR) is 114 cm³/mol. The summed E-state index contributed by atoms with van der Waals surface area (Å²) in [7, 11) is 1.33. The van der Waals surface area contributed by atoms with Gasteiger partial charge in [-0.15, -0.1) is 5.10 Å². The lowest BCUT2D eigenvalue weighted by Gasteiger charge is -2.12. The third-order valence-corrected chi connectivity index (χ3v) is 5.73. The maximum Gasteiger partial charge on any atom is 0.329 e. The summed E-state index contributed by atoms with van der Waals surface area (Å²) in [5.41, 5.74) is -0.148. The second-order valence-corrected chi connectivity index (χ2v) is 7.81. The zero-order valence-electron chi connectivity index (χ0n) is 16.0. The molecule has 10 nitrogen and oxygen atoms in total. The molecule has 2 heterocycles. The number of amides is 1. The Morgan fingerprint density at radius 3 is 2.87 bits per heavy atom. The van der Waals surface area contributed by atoms with E-state index in [1.807, 2.05) is 0 Å². The van der Waals surface area contributed by atoms with Crippen molar-refractivity contribution in [2.45, 2.75) is 19.1 Å². The van der Waals surface area contributed by atoms with Crippen molar-refractivity contribution in [1.29, 1.82) is 0 Å². The maximum absolute atomic E-state index is 12.5. The largest absolute Gasteiger partial charge is 0.506 e. The molecule has 0 radical (unpaired) electrons. The van der Waals surface area contributed by atoms with Crippen LogP contribution in [0.3, 0.4) is 0 Å². The number of hydrogen-bond donors (Lipinski definition) is 2. The number of nitrogens with one attached hydrogen (secondary N) is 1. The zero-order valence-corrected chi connectivity index (χ0v) is 18.4. The molecule has 1 aliphatic heterocycles. The molecule has 2 aromatic rings. The van der Waals surface area contributed by atoms with E-state index in [2.05, 4.69) is 31.4 Å². The highest BCUT2D eigenvalue weighted by Crippen LogP contribution is 2.41. The fraction of sp³-hybridized carbons (Fsp3) is 0.278. The molecule has 1 fully saturated rings. The van der Waals surface area contributed by atoms with E-state index in [4.69, 9.17) is 13.9 Å². The monoisotopic (exact) mass is 497 g/mol. The minimum atomic E-state index is -1.07. The number of carbonyl (C=O) groups excluding carboxylic acids is 2. The van der Waals surface area contributed by atoms with E-state index in [0.717, 1.165) is 18.0 Å². The van der Waals surface area contributed by atoms with E-state index in [0.29, 0.717) is 5.76 Å². The number of rotatable bonds is 5. The molecule has 0 spiro atoms. The normalized spacial score (nSPS) is 17.7. The van der Waals surface area contributed by atoms with Gasteiger partial charge in [0, 0.05) is 6.07 Å². The van der Waals surface area contributed by atoms with Gasteiger partial charge >= 0.3 is 5.97 Å². The number of ether oxygens (including phenoxy) is 2. The molecule has 1 amide bonds. The van der Waals surface area contributed by atoms with Crippen molar-refractivity contribution < 1.29 is 28.6 Å². The Labute approximate surface area is 182 Å². The molecule has 1 saturated heterocycles. The number of methoxy groups -OCH3 is 1. The van der Waals surface area contributed by atoms with Crippen molar-refractivity contribution in [2.24, 2.45) is 10.2 Å². The van der Waals surface area contributed by atoms with Gasteiger partial charge in [0.1, 0.15) is 27.1 Å². The number of benzene rings is 1. The molecule has 0 aliphatic carbocycles. The Morgan fingerprint density at radius 1 is 1.47 bits per heavy atom. The van der Waals surface area contributed by atoms with Crippen LogP contribution in [-0.4, -0.2) is 47.3 Å². The Bertz CT molecular complexity index is 1160. The van der Waals surface area contributed by atoms with Crippen LogP contribution in [0.4, 0.5) is 0 Å². The van der Waals surface area contributed by atoms with Gasteiger partial charge < -0.3 is 24.3 Å². The average Bonchev–Trinajstić information content (AvgIpc) is 3.07. The summed E-state index contributed by atoms with van der Waals surface area (Å²) in [6, 6.07) is 1.30. The van der Waals surface area contributed by atoms with Crippen molar-refractivity contribution >= 4 is 61.9 Å². The first kappa shape index (κ1) is 21.8. The third-order valence-electron chi connectivity index (χ3n) is 3.94. The van der Waals surface area contributed by atoms with Crippen LogP contribution < -0.4 is 15.5 Å². The summed E-state index contributed by atoms with van der Waals surface area (Å²) < 4.78 is 15.8. The van der Waals surface area contributed by atoms with E-state index in [1.165, 1.54) is 13.2 Å².